The quantitative estimate of drug-likeness (QED) is 0.688. The Morgan fingerprint density at radius 1 is 1.29 bits per heavy atom. The van der Waals surface area contributed by atoms with Gasteiger partial charge < -0.3 is 9.59 Å². The molecule has 1 saturated heterocycles. The van der Waals surface area contributed by atoms with Gasteiger partial charge in [0.2, 0.25) is 0 Å². The first kappa shape index (κ1) is 11.5. The maximum Gasteiger partial charge on any atom is 0.359 e. The van der Waals surface area contributed by atoms with E-state index in [1.165, 1.54) is 25.7 Å². The van der Waals surface area contributed by atoms with E-state index < -0.39 is 5.97 Å². The smallest absolute Gasteiger partial charge is 0.359 e. The Labute approximate surface area is 86.3 Å². The molecule has 3 nitrogen and oxygen atoms in total. The van der Waals surface area contributed by atoms with Gasteiger partial charge in [0.25, 0.3) is 0 Å². The fraction of sp³-hybridized carbons (Fsp3) is 0.909. The molecular formula is C11H22NO2+. The van der Waals surface area contributed by atoms with Gasteiger partial charge >= 0.3 is 5.97 Å². The third-order valence-electron chi connectivity index (χ3n) is 3.22. The number of carboxylic acids is 1. The zero-order chi connectivity index (χ0) is 10.4. The molecule has 0 spiro atoms. The first-order valence-corrected chi connectivity index (χ1v) is 5.75. The van der Waals surface area contributed by atoms with E-state index in [0.29, 0.717) is 6.54 Å². The van der Waals surface area contributed by atoms with Crippen molar-refractivity contribution in [3.05, 3.63) is 0 Å². The Morgan fingerprint density at radius 2 is 1.93 bits per heavy atom. The van der Waals surface area contributed by atoms with Crippen LogP contribution in [-0.4, -0.2) is 41.7 Å². The number of rotatable bonds is 5. The summed E-state index contributed by atoms with van der Waals surface area (Å²) in [5.41, 5.74) is 0. The standard InChI is InChI=1S/C11H21NO2/c1-2-3-7-12(10-11(13)14)8-5-4-6-9-12/h2-10H2,1H3/p+1. The number of carboxylic acid groups (broad SMARTS) is 1. The van der Waals surface area contributed by atoms with Crippen molar-refractivity contribution in [1.29, 1.82) is 0 Å². The lowest BCUT2D eigenvalue weighted by Crippen LogP contribution is -2.54. The molecule has 0 atom stereocenters. The predicted octanol–water partition coefficient (Wildman–Crippen LogP) is 1.87. The number of quaternary nitrogens is 1. The molecule has 1 N–H and O–H groups in total. The minimum Gasteiger partial charge on any atom is -0.477 e. The van der Waals surface area contributed by atoms with Gasteiger partial charge in [0.1, 0.15) is 0 Å². The van der Waals surface area contributed by atoms with E-state index in [2.05, 4.69) is 6.92 Å². The summed E-state index contributed by atoms with van der Waals surface area (Å²) in [5.74, 6) is -0.636. The third kappa shape index (κ3) is 3.29. The van der Waals surface area contributed by atoms with Crippen LogP contribution in [-0.2, 0) is 4.79 Å². The molecule has 3 heteroatoms. The fourth-order valence-corrected chi connectivity index (χ4v) is 2.42. The Bertz CT molecular complexity index is 186. The van der Waals surface area contributed by atoms with E-state index in [9.17, 15) is 4.79 Å². The summed E-state index contributed by atoms with van der Waals surface area (Å²) in [6.45, 7) is 5.71. The molecule has 1 rings (SSSR count). The van der Waals surface area contributed by atoms with Crippen molar-refractivity contribution >= 4 is 5.97 Å². The Hall–Kier alpha value is -0.570. The first-order chi connectivity index (χ1) is 6.68. The molecular weight excluding hydrogens is 178 g/mol. The van der Waals surface area contributed by atoms with Gasteiger partial charge in [0.05, 0.1) is 19.6 Å². The second-order valence-corrected chi connectivity index (χ2v) is 4.48. The summed E-state index contributed by atoms with van der Waals surface area (Å²) >= 11 is 0. The number of nitrogens with zero attached hydrogens (tertiary/aromatic N) is 1. The summed E-state index contributed by atoms with van der Waals surface area (Å²) in [5, 5.41) is 8.91. The number of carbonyl (C=O) groups is 1. The lowest BCUT2D eigenvalue weighted by Gasteiger charge is -2.40. The number of likely N-dealkylation sites (tertiary alicyclic amines) is 1. The molecule has 0 aromatic carbocycles. The Balaban J connectivity index is 2.52. The molecule has 1 fully saturated rings. The summed E-state index contributed by atoms with van der Waals surface area (Å²) in [7, 11) is 0. The molecule has 0 radical (unpaired) electrons. The largest absolute Gasteiger partial charge is 0.477 e. The maximum absolute atomic E-state index is 10.8. The molecule has 0 aromatic rings. The zero-order valence-corrected chi connectivity index (χ0v) is 9.17. The van der Waals surface area contributed by atoms with Gasteiger partial charge in [0, 0.05) is 0 Å². The van der Waals surface area contributed by atoms with Crippen molar-refractivity contribution in [2.75, 3.05) is 26.2 Å². The highest BCUT2D eigenvalue weighted by Crippen LogP contribution is 2.19. The van der Waals surface area contributed by atoms with Gasteiger partial charge in [-0.3, -0.25) is 0 Å². The van der Waals surface area contributed by atoms with E-state index >= 15 is 0 Å². The van der Waals surface area contributed by atoms with Crippen LogP contribution < -0.4 is 0 Å². The topological polar surface area (TPSA) is 37.3 Å². The highest BCUT2D eigenvalue weighted by Gasteiger charge is 2.31. The van der Waals surface area contributed by atoms with Gasteiger partial charge in [-0.2, -0.15) is 0 Å². The van der Waals surface area contributed by atoms with Crippen LogP contribution in [0.1, 0.15) is 39.0 Å². The molecule has 1 aliphatic rings. The average Bonchev–Trinajstić information content (AvgIpc) is 2.15. The molecule has 0 saturated carbocycles. The van der Waals surface area contributed by atoms with Crippen molar-refractivity contribution in [2.24, 2.45) is 0 Å². The molecule has 14 heavy (non-hydrogen) atoms. The first-order valence-electron chi connectivity index (χ1n) is 5.75. The van der Waals surface area contributed by atoms with Crippen LogP contribution in [0.15, 0.2) is 0 Å². The van der Waals surface area contributed by atoms with Crippen LogP contribution in [0.3, 0.4) is 0 Å². The number of unbranched alkanes of at least 4 members (excludes halogenated alkanes) is 1. The lowest BCUT2D eigenvalue weighted by molar-refractivity contribution is -0.925. The molecule has 1 aliphatic heterocycles. The van der Waals surface area contributed by atoms with E-state index in [1.54, 1.807) is 0 Å². The van der Waals surface area contributed by atoms with E-state index in [-0.39, 0.29) is 0 Å². The van der Waals surface area contributed by atoms with Crippen LogP contribution in [0, 0.1) is 0 Å². The second kappa shape index (κ2) is 5.35. The highest BCUT2D eigenvalue weighted by atomic mass is 16.4. The molecule has 0 aromatic heterocycles. The Kier molecular flexibility index (Phi) is 4.39. The molecule has 0 amide bonds. The van der Waals surface area contributed by atoms with Crippen LogP contribution in [0.4, 0.5) is 0 Å². The van der Waals surface area contributed by atoms with Crippen molar-refractivity contribution in [1.82, 2.24) is 0 Å². The van der Waals surface area contributed by atoms with E-state index in [1.807, 2.05) is 0 Å². The predicted molar refractivity (Wildman–Crippen MR) is 56.1 cm³/mol. The minimum absolute atomic E-state index is 0.333. The van der Waals surface area contributed by atoms with Crippen LogP contribution in [0.25, 0.3) is 0 Å². The van der Waals surface area contributed by atoms with Crippen LogP contribution in [0.5, 0.6) is 0 Å². The third-order valence-corrected chi connectivity index (χ3v) is 3.22. The molecule has 82 valence electrons. The summed E-state index contributed by atoms with van der Waals surface area (Å²) in [6.07, 6.45) is 6.02. The summed E-state index contributed by atoms with van der Waals surface area (Å²) in [4.78, 5) is 10.8. The molecule has 0 bridgehead atoms. The maximum atomic E-state index is 10.8. The van der Waals surface area contributed by atoms with Gasteiger partial charge in [-0.15, -0.1) is 0 Å². The average molecular weight is 200 g/mol. The summed E-state index contributed by atoms with van der Waals surface area (Å²) < 4.78 is 0.836. The monoisotopic (exact) mass is 200 g/mol. The SMILES string of the molecule is CCCC[N+]1(CC(=O)O)CCCCC1. The van der Waals surface area contributed by atoms with Crippen molar-refractivity contribution in [3.63, 3.8) is 0 Å². The van der Waals surface area contributed by atoms with Gasteiger partial charge in [0.15, 0.2) is 6.54 Å². The number of aliphatic carboxylic acids is 1. The fourth-order valence-electron chi connectivity index (χ4n) is 2.42. The van der Waals surface area contributed by atoms with E-state index in [0.717, 1.165) is 30.5 Å². The number of hydrogen-bond acceptors (Lipinski definition) is 1. The van der Waals surface area contributed by atoms with E-state index in [4.69, 9.17) is 5.11 Å². The lowest BCUT2D eigenvalue weighted by atomic mass is 10.1. The molecule has 1 heterocycles. The van der Waals surface area contributed by atoms with Gasteiger partial charge in [-0.25, -0.2) is 4.79 Å². The van der Waals surface area contributed by atoms with Crippen molar-refractivity contribution in [3.8, 4) is 0 Å². The minimum atomic E-state index is -0.636. The van der Waals surface area contributed by atoms with Crippen LogP contribution >= 0.6 is 0 Å². The summed E-state index contributed by atoms with van der Waals surface area (Å²) in [6, 6.07) is 0. The molecule has 0 unspecified atom stereocenters. The number of hydrogen-bond donors (Lipinski definition) is 1. The van der Waals surface area contributed by atoms with Gasteiger partial charge in [-0.05, 0) is 25.7 Å². The van der Waals surface area contributed by atoms with Gasteiger partial charge in [-0.1, -0.05) is 13.3 Å². The second-order valence-electron chi connectivity index (χ2n) is 4.48. The van der Waals surface area contributed by atoms with Crippen molar-refractivity contribution in [2.45, 2.75) is 39.0 Å². The highest BCUT2D eigenvalue weighted by molar-refractivity contribution is 5.67. The number of piperidine rings is 1. The zero-order valence-electron chi connectivity index (χ0n) is 9.17. The van der Waals surface area contributed by atoms with Crippen molar-refractivity contribution < 1.29 is 14.4 Å². The van der Waals surface area contributed by atoms with Crippen LogP contribution in [0.2, 0.25) is 0 Å². The Morgan fingerprint density at radius 3 is 2.43 bits per heavy atom. The normalized spacial score (nSPS) is 20.6. The molecule has 0 aliphatic carbocycles.